The number of benzene rings is 3. The first kappa shape index (κ1) is 29.8. The van der Waals surface area contributed by atoms with Gasteiger partial charge in [0.15, 0.2) is 0 Å². The van der Waals surface area contributed by atoms with Gasteiger partial charge in [-0.1, -0.05) is 75.0 Å². The van der Waals surface area contributed by atoms with Crippen molar-refractivity contribution in [2.24, 2.45) is 5.92 Å². The number of carbonyl (C=O) groups is 3. The first-order valence-electron chi connectivity index (χ1n) is 14.3. The average Bonchev–Trinajstić information content (AvgIpc) is 3.74. The number of carbonyl (C=O) groups excluding carboxylic acids is 3. The molecule has 0 saturated heterocycles. The van der Waals surface area contributed by atoms with Crippen molar-refractivity contribution in [2.45, 2.75) is 77.6 Å². The third-order valence-corrected chi connectivity index (χ3v) is 6.90. The van der Waals surface area contributed by atoms with Gasteiger partial charge in [-0.05, 0) is 86.1 Å². The lowest BCUT2D eigenvalue weighted by atomic mass is 9.97. The molecule has 0 heterocycles. The molecular formula is C34H41N3O4. The summed E-state index contributed by atoms with van der Waals surface area (Å²) in [4.78, 5) is 42.9. The van der Waals surface area contributed by atoms with Crippen LogP contribution in [0.3, 0.4) is 0 Å². The highest BCUT2D eigenvalue weighted by Gasteiger charge is 2.44. The molecule has 3 amide bonds. The number of alkyl carbamates (subject to hydrolysis) is 1. The van der Waals surface area contributed by atoms with Crippen LogP contribution in [0.15, 0.2) is 73.3 Å². The molecule has 7 nitrogen and oxygen atoms in total. The van der Waals surface area contributed by atoms with Crippen molar-refractivity contribution >= 4 is 40.4 Å². The van der Waals surface area contributed by atoms with Gasteiger partial charge in [0, 0.05) is 11.7 Å². The van der Waals surface area contributed by atoms with Crippen molar-refractivity contribution in [1.82, 2.24) is 10.2 Å². The Hall–Kier alpha value is -4.13. The molecule has 216 valence electrons. The summed E-state index contributed by atoms with van der Waals surface area (Å²) in [6.45, 7) is 13.2. The molecule has 2 atom stereocenters. The molecule has 3 aromatic carbocycles. The number of hydrogen-bond acceptors (Lipinski definition) is 4. The quantitative estimate of drug-likeness (QED) is 0.280. The summed E-state index contributed by atoms with van der Waals surface area (Å²) in [5, 5.41) is 7.95. The van der Waals surface area contributed by atoms with Gasteiger partial charge in [0.05, 0.1) is 0 Å². The highest BCUT2D eigenvalue weighted by atomic mass is 16.6. The number of fused-ring (bicyclic) bond motifs is 1. The van der Waals surface area contributed by atoms with Crippen molar-refractivity contribution in [1.29, 1.82) is 0 Å². The van der Waals surface area contributed by atoms with E-state index in [-0.39, 0.29) is 23.8 Å². The van der Waals surface area contributed by atoms with Gasteiger partial charge >= 0.3 is 6.09 Å². The number of nitrogens with zero attached hydrogens (tertiary/aromatic N) is 1. The molecule has 1 fully saturated rings. The van der Waals surface area contributed by atoms with Crippen LogP contribution in [0.25, 0.3) is 16.8 Å². The Balaban J connectivity index is 1.71. The fourth-order valence-corrected chi connectivity index (χ4v) is 4.97. The molecule has 2 N–H and O–H groups in total. The monoisotopic (exact) mass is 555 g/mol. The van der Waals surface area contributed by atoms with Gasteiger partial charge in [-0.2, -0.15) is 0 Å². The second-order valence-electron chi connectivity index (χ2n) is 12.1. The van der Waals surface area contributed by atoms with E-state index in [4.69, 9.17) is 4.74 Å². The van der Waals surface area contributed by atoms with Crippen molar-refractivity contribution in [3.05, 3.63) is 84.4 Å². The van der Waals surface area contributed by atoms with Gasteiger partial charge in [-0.3, -0.25) is 9.59 Å². The maximum absolute atomic E-state index is 14.3. The second-order valence-corrected chi connectivity index (χ2v) is 12.1. The van der Waals surface area contributed by atoms with Gasteiger partial charge < -0.3 is 20.3 Å². The molecule has 0 bridgehead atoms. The number of nitrogens with one attached hydrogen (secondary N) is 2. The van der Waals surface area contributed by atoms with E-state index in [1.54, 1.807) is 31.7 Å². The zero-order chi connectivity index (χ0) is 29.7. The predicted octanol–water partition coefficient (Wildman–Crippen LogP) is 7.09. The molecule has 2 unspecified atom stereocenters. The summed E-state index contributed by atoms with van der Waals surface area (Å²) >= 11 is 0. The minimum Gasteiger partial charge on any atom is -0.444 e. The maximum Gasteiger partial charge on any atom is 0.408 e. The zero-order valence-corrected chi connectivity index (χ0v) is 24.6. The van der Waals surface area contributed by atoms with Crippen LogP contribution in [0.5, 0.6) is 0 Å². The lowest BCUT2D eigenvalue weighted by molar-refractivity contribution is -0.141. The normalized spacial score (nSPS) is 14.7. The standard InChI is InChI=1S/C34H41N3O4/c1-7-23-11-10-14-26(20-23)30(31(38)35-27-16-15-24-12-8-9-13-25(24)21-27)37(28-17-18-28)32(39)29(19-22(2)3)36-33(40)41-34(4,5)6/h7-16,20-22,28-30H,1,17-19H2,2-6H3,(H,35,38)(H,36,40). The Bertz CT molecular complexity index is 1420. The molecule has 3 aromatic rings. The van der Waals surface area contributed by atoms with Crippen LogP contribution in [-0.2, 0) is 14.3 Å². The van der Waals surface area contributed by atoms with E-state index in [1.165, 1.54) is 0 Å². The van der Waals surface area contributed by atoms with Gasteiger partial charge in [0.1, 0.15) is 17.7 Å². The van der Waals surface area contributed by atoms with Crippen LogP contribution in [0.1, 0.15) is 71.0 Å². The molecule has 4 rings (SSSR count). The van der Waals surface area contributed by atoms with E-state index in [2.05, 4.69) is 17.2 Å². The summed E-state index contributed by atoms with van der Waals surface area (Å²) < 4.78 is 5.48. The number of ether oxygens (including phenoxy) is 1. The smallest absolute Gasteiger partial charge is 0.408 e. The molecule has 0 aliphatic heterocycles. The predicted molar refractivity (Wildman–Crippen MR) is 164 cm³/mol. The number of amides is 3. The molecule has 1 saturated carbocycles. The van der Waals surface area contributed by atoms with Crippen LogP contribution in [0.4, 0.5) is 10.5 Å². The minimum absolute atomic E-state index is 0.114. The summed E-state index contributed by atoms with van der Waals surface area (Å²) in [6, 6.07) is 19.4. The topological polar surface area (TPSA) is 87.7 Å². The summed E-state index contributed by atoms with van der Waals surface area (Å²) in [7, 11) is 0. The SMILES string of the molecule is C=Cc1cccc(C(C(=O)Nc2ccc3ccccc3c2)N(C(=O)C(CC(C)C)NC(=O)OC(C)(C)C)C2CC2)c1. The van der Waals surface area contributed by atoms with Crippen molar-refractivity contribution in [3.63, 3.8) is 0 Å². The lowest BCUT2D eigenvalue weighted by Gasteiger charge is -2.35. The zero-order valence-electron chi connectivity index (χ0n) is 24.6. The molecule has 0 aromatic heterocycles. The molecule has 0 radical (unpaired) electrons. The van der Waals surface area contributed by atoms with Crippen molar-refractivity contribution in [3.8, 4) is 0 Å². The molecule has 1 aliphatic rings. The first-order chi connectivity index (χ1) is 19.4. The van der Waals surface area contributed by atoms with E-state index >= 15 is 0 Å². The first-order valence-corrected chi connectivity index (χ1v) is 14.3. The third kappa shape index (κ3) is 7.97. The Kier molecular flexibility index (Phi) is 9.16. The van der Waals surface area contributed by atoms with Crippen molar-refractivity contribution < 1.29 is 19.1 Å². The Morgan fingerprint density at radius 3 is 2.34 bits per heavy atom. The van der Waals surface area contributed by atoms with Crippen molar-refractivity contribution in [2.75, 3.05) is 5.32 Å². The van der Waals surface area contributed by atoms with Gasteiger partial charge in [0.2, 0.25) is 5.91 Å². The van der Waals surface area contributed by atoms with Gasteiger partial charge in [-0.25, -0.2) is 4.79 Å². The van der Waals surface area contributed by atoms with Gasteiger partial charge in [-0.15, -0.1) is 0 Å². The van der Waals surface area contributed by atoms with E-state index in [0.717, 1.165) is 29.2 Å². The molecule has 41 heavy (non-hydrogen) atoms. The second kappa shape index (κ2) is 12.6. The summed E-state index contributed by atoms with van der Waals surface area (Å²) in [6.07, 6.45) is 3.04. The van der Waals surface area contributed by atoms with E-state index in [9.17, 15) is 14.4 Å². The molecule has 0 spiro atoms. The van der Waals surface area contributed by atoms with Crippen LogP contribution in [-0.4, -0.2) is 40.5 Å². The molecule has 7 heteroatoms. The molecule has 1 aliphatic carbocycles. The number of hydrogen-bond donors (Lipinski definition) is 2. The Morgan fingerprint density at radius 1 is 1.00 bits per heavy atom. The van der Waals surface area contributed by atoms with Crippen LogP contribution < -0.4 is 10.6 Å². The Labute approximate surface area is 243 Å². The van der Waals surface area contributed by atoms with E-state index in [1.807, 2.05) is 80.6 Å². The minimum atomic E-state index is -0.906. The Morgan fingerprint density at radius 2 is 1.71 bits per heavy atom. The number of anilines is 1. The summed E-state index contributed by atoms with van der Waals surface area (Å²) in [5.74, 6) is -0.494. The van der Waals surface area contributed by atoms with Gasteiger partial charge in [0.25, 0.3) is 5.91 Å². The highest BCUT2D eigenvalue weighted by molar-refractivity contribution is 6.00. The van der Waals surface area contributed by atoms with Crippen LogP contribution in [0.2, 0.25) is 0 Å². The lowest BCUT2D eigenvalue weighted by Crippen LogP contribution is -2.53. The fraction of sp³-hybridized carbons (Fsp3) is 0.382. The molecular weight excluding hydrogens is 514 g/mol. The van der Waals surface area contributed by atoms with Crippen LogP contribution >= 0.6 is 0 Å². The van der Waals surface area contributed by atoms with E-state index < -0.39 is 23.8 Å². The maximum atomic E-state index is 14.3. The number of rotatable bonds is 10. The summed E-state index contributed by atoms with van der Waals surface area (Å²) in [5.41, 5.74) is 1.47. The van der Waals surface area contributed by atoms with E-state index in [0.29, 0.717) is 17.7 Å². The largest absolute Gasteiger partial charge is 0.444 e. The highest BCUT2D eigenvalue weighted by Crippen LogP contribution is 2.37. The third-order valence-electron chi connectivity index (χ3n) is 6.90. The fourth-order valence-electron chi connectivity index (χ4n) is 4.97. The average molecular weight is 556 g/mol. The van der Waals surface area contributed by atoms with Crippen LogP contribution in [0, 0.1) is 5.92 Å².